The molecule has 1 aliphatic rings. The molecule has 6 heteroatoms. The molecule has 106 valence electrons. The van der Waals surface area contributed by atoms with Gasteiger partial charge in [0.15, 0.2) is 0 Å². The summed E-state index contributed by atoms with van der Waals surface area (Å²) in [4.78, 5) is 6.72. The molecule has 0 bridgehead atoms. The van der Waals surface area contributed by atoms with Gasteiger partial charge in [-0.15, -0.1) is 0 Å². The lowest BCUT2D eigenvalue weighted by atomic mass is 10.1. The summed E-state index contributed by atoms with van der Waals surface area (Å²) in [5.41, 5.74) is 9.99. The van der Waals surface area contributed by atoms with Crippen molar-refractivity contribution < 1.29 is 0 Å². The minimum atomic E-state index is 0.802. The highest BCUT2D eigenvalue weighted by molar-refractivity contribution is 8.00. The summed E-state index contributed by atoms with van der Waals surface area (Å²) < 4.78 is 2.04. The molecule has 1 aromatic carbocycles. The van der Waals surface area contributed by atoms with Crippen molar-refractivity contribution in [3.05, 3.63) is 30.5 Å². The number of rotatable bonds is 3. The number of aromatic nitrogens is 3. The van der Waals surface area contributed by atoms with E-state index in [1.807, 2.05) is 30.1 Å². The Morgan fingerprint density at radius 2 is 2.19 bits per heavy atom. The van der Waals surface area contributed by atoms with Gasteiger partial charge in [-0.05, 0) is 31.3 Å². The summed E-state index contributed by atoms with van der Waals surface area (Å²) in [6.45, 7) is 1.70. The first-order valence-corrected chi connectivity index (χ1v) is 7.68. The van der Waals surface area contributed by atoms with E-state index in [9.17, 15) is 0 Å². The lowest BCUT2D eigenvalue weighted by Crippen LogP contribution is -2.15. The van der Waals surface area contributed by atoms with Crippen molar-refractivity contribution in [2.24, 2.45) is 0 Å². The highest BCUT2D eigenvalue weighted by Gasteiger charge is 2.26. The molecule has 0 aliphatic carbocycles. The molecule has 3 N–H and O–H groups in total. The first kappa shape index (κ1) is 12.7. The van der Waals surface area contributed by atoms with E-state index in [-0.39, 0.29) is 0 Å². The van der Waals surface area contributed by atoms with Gasteiger partial charge in [-0.3, -0.25) is 9.67 Å². The van der Waals surface area contributed by atoms with Crippen LogP contribution in [0.5, 0.6) is 0 Å². The van der Waals surface area contributed by atoms with Gasteiger partial charge >= 0.3 is 0 Å². The maximum Gasteiger partial charge on any atom is 0.121 e. The van der Waals surface area contributed by atoms with Crippen molar-refractivity contribution in [1.82, 2.24) is 20.1 Å². The monoisotopic (exact) mass is 297 g/mol. The lowest BCUT2D eigenvalue weighted by Gasteiger charge is -2.15. The van der Waals surface area contributed by atoms with Crippen molar-refractivity contribution in [2.45, 2.75) is 16.3 Å². The first-order chi connectivity index (χ1) is 10.3. The van der Waals surface area contributed by atoms with E-state index in [0.717, 1.165) is 50.9 Å². The predicted molar refractivity (Wildman–Crippen MR) is 85.4 cm³/mol. The zero-order valence-corrected chi connectivity index (χ0v) is 12.4. The van der Waals surface area contributed by atoms with Gasteiger partial charge in [0.1, 0.15) is 11.4 Å². The molecule has 3 aromatic rings. The number of fused-ring (bicyclic) bond motifs is 2. The fraction of sp³-hybridized carbons (Fsp3) is 0.200. The van der Waals surface area contributed by atoms with E-state index >= 15 is 0 Å². The highest BCUT2D eigenvalue weighted by atomic mass is 32.2. The van der Waals surface area contributed by atoms with Crippen LogP contribution in [-0.2, 0) is 6.54 Å². The van der Waals surface area contributed by atoms with Gasteiger partial charge in [0.05, 0.1) is 12.1 Å². The second-order valence-electron chi connectivity index (χ2n) is 5.01. The van der Waals surface area contributed by atoms with Gasteiger partial charge in [-0.2, -0.15) is 5.10 Å². The number of hydrogen-bond donors (Lipinski definition) is 2. The molecule has 5 nitrogen and oxygen atoms in total. The van der Waals surface area contributed by atoms with Crippen LogP contribution in [-0.4, -0.2) is 28.4 Å². The topological polar surface area (TPSA) is 68.8 Å². The van der Waals surface area contributed by atoms with Crippen molar-refractivity contribution in [1.29, 1.82) is 0 Å². The van der Waals surface area contributed by atoms with Gasteiger partial charge in [0, 0.05) is 33.6 Å². The maximum atomic E-state index is 6.18. The summed E-state index contributed by atoms with van der Waals surface area (Å²) in [7, 11) is 1.95. The zero-order valence-electron chi connectivity index (χ0n) is 11.6. The number of hydrogen-bond acceptors (Lipinski definition) is 5. The molecule has 0 unspecified atom stereocenters. The number of anilines is 1. The number of nitrogens with one attached hydrogen (secondary N) is 1. The molecule has 0 saturated carbocycles. The summed E-state index contributed by atoms with van der Waals surface area (Å²) in [5, 5.41) is 9.07. The molecule has 2 aromatic heterocycles. The normalized spacial score (nSPS) is 12.6. The molecule has 0 amide bonds. The molecule has 3 heterocycles. The van der Waals surface area contributed by atoms with Crippen molar-refractivity contribution in [3.63, 3.8) is 0 Å². The number of nitrogen functional groups attached to an aromatic ring is 1. The SMILES string of the molecule is CNCCn1nc2c3c(c(N)ccc31)Sc1cccnc1-2. The summed E-state index contributed by atoms with van der Waals surface area (Å²) in [6, 6.07) is 8.04. The van der Waals surface area contributed by atoms with Crippen LogP contribution >= 0.6 is 11.8 Å². The van der Waals surface area contributed by atoms with Crippen LogP contribution in [0.1, 0.15) is 0 Å². The molecule has 0 radical (unpaired) electrons. The maximum absolute atomic E-state index is 6.18. The van der Waals surface area contributed by atoms with Gasteiger partial charge in [0.2, 0.25) is 0 Å². The van der Waals surface area contributed by atoms with Crippen LogP contribution in [0.3, 0.4) is 0 Å². The highest BCUT2D eigenvalue weighted by Crippen LogP contribution is 2.48. The Kier molecular flexibility index (Phi) is 2.87. The van der Waals surface area contributed by atoms with E-state index in [4.69, 9.17) is 10.8 Å². The number of nitrogens with zero attached hydrogens (tertiary/aromatic N) is 3. The molecule has 4 rings (SSSR count). The average molecular weight is 297 g/mol. The number of benzene rings is 1. The Morgan fingerprint density at radius 3 is 3.05 bits per heavy atom. The molecule has 0 spiro atoms. The number of nitrogens with two attached hydrogens (primary N) is 1. The Bertz CT molecular complexity index is 839. The fourth-order valence-electron chi connectivity index (χ4n) is 2.68. The van der Waals surface area contributed by atoms with Crippen molar-refractivity contribution >= 4 is 28.4 Å². The first-order valence-electron chi connectivity index (χ1n) is 6.86. The van der Waals surface area contributed by atoms with E-state index < -0.39 is 0 Å². The summed E-state index contributed by atoms with van der Waals surface area (Å²) >= 11 is 1.68. The Labute approximate surface area is 126 Å². The summed E-state index contributed by atoms with van der Waals surface area (Å²) in [6.07, 6.45) is 1.81. The molecular formula is C15H15N5S. The Balaban J connectivity index is 2.03. The third-order valence-electron chi connectivity index (χ3n) is 3.68. The van der Waals surface area contributed by atoms with Crippen LogP contribution in [0.15, 0.2) is 40.3 Å². The van der Waals surface area contributed by atoms with Crippen LogP contribution in [0.25, 0.3) is 22.3 Å². The van der Waals surface area contributed by atoms with Gasteiger partial charge < -0.3 is 11.1 Å². The average Bonchev–Trinajstić information content (AvgIpc) is 2.88. The Morgan fingerprint density at radius 1 is 1.29 bits per heavy atom. The quantitative estimate of drug-likeness (QED) is 0.568. The van der Waals surface area contributed by atoms with Crippen LogP contribution < -0.4 is 11.1 Å². The minimum absolute atomic E-state index is 0.802. The van der Waals surface area contributed by atoms with Gasteiger partial charge in [0.25, 0.3) is 0 Å². The largest absolute Gasteiger partial charge is 0.398 e. The van der Waals surface area contributed by atoms with Crippen molar-refractivity contribution in [3.8, 4) is 11.4 Å². The second kappa shape index (κ2) is 4.75. The lowest BCUT2D eigenvalue weighted by molar-refractivity contribution is 0.602. The molecule has 0 atom stereocenters. The molecule has 1 aliphatic heterocycles. The third kappa shape index (κ3) is 1.83. The third-order valence-corrected chi connectivity index (χ3v) is 4.88. The standard InChI is InChI=1S/C15H15N5S/c1-17-7-8-20-10-5-4-9(16)15-12(10)14(19-20)13-11(21-15)3-2-6-18-13/h2-6,17H,7-8,16H2,1H3. The van der Waals surface area contributed by atoms with Crippen molar-refractivity contribution in [2.75, 3.05) is 19.3 Å². The minimum Gasteiger partial charge on any atom is -0.398 e. The van der Waals surface area contributed by atoms with Crippen LogP contribution in [0, 0.1) is 0 Å². The molecule has 0 saturated heterocycles. The smallest absolute Gasteiger partial charge is 0.121 e. The van der Waals surface area contributed by atoms with Gasteiger partial charge in [-0.1, -0.05) is 11.8 Å². The van der Waals surface area contributed by atoms with E-state index in [1.165, 1.54) is 0 Å². The molecule has 21 heavy (non-hydrogen) atoms. The number of likely N-dealkylation sites (N-methyl/N-ethyl adjacent to an activating group) is 1. The van der Waals surface area contributed by atoms with Crippen LogP contribution in [0.4, 0.5) is 5.69 Å². The Hall–Kier alpha value is -2.05. The second-order valence-corrected chi connectivity index (χ2v) is 6.06. The molecular weight excluding hydrogens is 282 g/mol. The fourth-order valence-corrected chi connectivity index (χ4v) is 3.78. The predicted octanol–water partition coefficient (Wildman–Crippen LogP) is 2.36. The molecule has 0 fully saturated rings. The van der Waals surface area contributed by atoms with E-state index in [2.05, 4.69) is 22.4 Å². The zero-order chi connectivity index (χ0) is 14.4. The summed E-state index contributed by atoms with van der Waals surface area (Å²) in [5.74, 6) is 0. The number of pyridine rings is 1. The van der Waals surface area contributed by atoms with Crippen LogP contribution in [0.2, 0.25) is 0 Å². The van der Waals surface area contributed by atoms with Gasteiger partial charge in [-0.25, -0.2) is 0 Å². The van der Waals surface area contributed by atoms with E-state index in [1.54, 1.807) is 11.8 Å². The van der Waals surface area contributed by atoms with E-state index in [0.29, 0.717) is 0 Å².